The topological polar surface area (TPSA) is 13.1 Å². The quantitative estimate of drug-likeness (QED) is 0.118. The molecule has 0 fully saturated rings. The molecule has 0 spiro atoms. The monoisotopic (exact) mass is 1030 g/mol. The molecule has 0 saturated carbocycles. The summed E-state index contributed by atoms with van der Waals surface area (Å²) in [5, 5.41) is 4.96. The SMILES string of the molecule is C/C=C\CC.C1=CCC(c2cccc(N(c3ccc(-c4ccc(-c5ccc6c(c5)c5cc(-c7ccc8c(c7)c7ccccc7n8-c7ccccc7)ccc5n6-c5ccccc5)cc4)cc3)c3cccc(-c4ccccc4)c3)c2)C=C1. The lowest BCUT2D eigenvalue weighted by molar-refractivity contribution is 0.853. The van der Waals surface area contributed by atoms with Crippen LogP contribution in [-0.2, 0) is 0 Å². The van der Waals surface area contributed by atoms with Crippen LogP contribution in [0.25, 0.3) is 99.5 Å². The molecule has 1 unspecified atom stereocenters. The normalized spacial score (nSPS) is 13.1. The molecule has 3 heteroatoms. The highest BCUT2D eigenvalue weighted by Crippen LogP contribution is 2.42. The predicted octanol–water partition coefficient (Wildman–Crippen LogP) is 21.6. The van der Waals surface area contributed by atoms with Gasteiger partial charge < -0.3 is 14.0 Å². The average Bonchev–Trinajstić information content (AvgIpc) is 4.21. The van der Waals surface area contributed by atoms with E-state index in [1.165, 1.54) is 99.4 Å². The maximum atomic E-state index is 2.41. The molecule has 0 bridgehead atoms. The first kappa shape index (κ1) is 49.6. The second kappa shape index (κ2) is 22.2. The molecule has 0 amide bonds. The molecular weight excluding hydrogens is 967 g/mol. The van der Waals surface area contributed by atoms with Crippen molar-refractivity contribution in [1.82, 2.24) is 9.13 Å². The fourth-order valence-corrected chi connectivity index (χ4v) is 11.8. The molecule has 0 saturated heterocycles. The van der Waals surface area contributed by atoms with Crippen molar-refractivity contribution in [2.75, 3.05) is 4.90 Å². The molecule has 2 aromatic heterocycles. The Morgan fingerprint density at radius 2 is 0.812 bits per heavy atom. The Balaban J connectivity index is 0.00000116. The van der Waals surface area contributed by atoms with Gasteiger partial charge in [0.15, 0.2) is 0 Å². The second-order valence-electron chi connectivity index (χ2n) is 20.7. The first-order chi connectivity index (χ1) is 39.6. The molecular formula is C77H61N3. The van der Waals surface area contributed by atoms with Gasteiger partial charge in [0, 0.05) is 55.9 Å². The number of fused-ring (bicyclic) bond motifs is 6. The van der Waals surface area contributed by atoms with Gasteiger partial charge in [0.2, 0.25) is 0 Å². The summed E-state index contributed by atoms with van der Waals surface area (Å²) >= 11 is 0. The van der Waals surface area contributed by atoms with E-state index < -0.39 is 0 Å². The van der Waals surface area contributed by atoms with Crippen LogP contribution in [0.4, 0.5) is 17.1 Å². The van der Waals surface area contributed by atoms with E-state index >= 15 is 0 Å². The molecule has 0 radical (unpaired) electrons. The Morgan fingerprint density at radius 3 is 1.36 bits per heavy atom. The van der Waals surface area contributed by atoms with Crippen molar-refractivity contribution in [2.45, 2.75) is 32.6 Å². The van der Waals surface area contributed by atoms with Gasteiger partial charge in [-0.25, -0.2) is 0 Å². The molecule has 0 aliphatic heterocycles. The van der Waals surface area contributed by atoms with E-state index in [1.807, 2.05) is 6.92 Å². The largest absolute Gasteiger partial charge is 0.310 e. The summed E-state index contributed by atoms with van der Waals surface area (Å²) in [5.41, 5.74) is 21.3. The maximum absolute atomic E-state index is 2.41. The van der Waals surface area contributed by atoms with E-state index in [2.05, 4.69) is 324 Å². The maximum Gasteiger partial charge on any atom is 0.0541 e. The van der Waals surface area contributed by atoms with Crippen LogP contribution in [0.5, 0.6) is 0 Å². The molecule has 384 valence electrons. The van der Waals surface area contributed by atoms with Gasteiger partial charge in [0.05, 0.1) is 22.1 Å². The Morgan fingerprint density at radius 1 is 0.375 bits per heavy atom. The van der Waals surface area contributed by atoms with Gasteiger partial charge >= 0.3 is 0 Å². The van der Waals surface area contributed by atoms with E-state index in [4.69, 9.17) is 0 Å². The molecule has 80 heavy (non-hydrogen) atoms. The highest BCUT2D eigenvalue weighted by molar-refractivity contribution is 6.13. The summed E-state index contributed by atoms with van der Waals surface area (Å²) in [5.74, 6) is 0.357. The number of allylic oxidation sites excluding steroid dienone is 6. The van der Waals surface area contributed by atoms with Crippen LogP contribution in [0.15, 0.2) is 303 Å². The number of aromatic nitrogens is 2. The summed E-state index contributed by atoms with van der Waals surface area (Å²) < 4.78 is 4.79. The first-order valence-corrected chi connectivity index (χ1v) is 28.0. The summed E-state index contributed by atoms with van der Waals surface area (Å²) in [6.45, 7) is 4.16. The highest BCUT2D eigenvalue weighted by atomic mass is 15.1. The molecule has 1 atom stereocenters. The minimum Gasteiger partial charge on any atom is -0.310 e. The van der Waals surface area contributed by atoms with E-state index in [0.29, 0.717) is 5.92 Å². The van der Waals surface area contributed by atoms with Gasteiger partial charge in [-0.05, 0) is 173 Å². The summed E-state index contributed by atoms with van der Waals surface area (Å²) in [7, 11) is 0. The zero-order valence-corrected chi connectivity index (χ0v) is 45.2. The first-order valence-electron chi connectivity index (χ1n) is 28.0. The standard InChI is InChI=1S/C72H51N3.C5H10/c1-5-17-50(18-6-1)55-21-15-27-63(45-55)73(64-28-16-22-56(46-64)51-19-7-2-8-20-51)62-40-35-53(36-41-62)52-31-33-54(34-32-52)57-37-42-71-67(47-57)68-49-59(39-44-72(68)75(71)61-25-11-4-12-26-61)58-38-43-70-66(48-58)65-29-13-14-30-69(65)74(70)60-23-9-3-10-24-60;1-3-5-4-2/h1-19,21-49,51H,20H2;3,5H,4H2,1-2H3/b;5-3-. The van der Waals surface area contributed by atoms with E-state index in [0.717, 1.165) is 35.6 Å². The van der Waals surface area contributed by atoms with Gasteiger partial charge in [0.1, 0.15) is 0 Å². The third-order valence-electron chi connectivity index (χ3n) is 15.7. The molecule has 1 aliphatic carbocycles. The fraction of sp³-hybridized carbons (Fsp3) is 0.0649. The van der Waals surface area contributed by atoms with E-state index in [9.17, 15) is 0 Å². The molecule has 0 N–H and O–H groups in total. The van der Waals surface area contributed by atoms with Crippen molar-refractivity contribution in [1.29, 1.82) is 0 Å². The lowest BCUT2D eigenvalue weighted by Crippen LogP contribution is -2.11. The van der Waals surface area contributed by atoms with Gasteiger partial charge in [-0.3, -0.25) is 0 Å². The van der Waals surface area contributed by atoms with Crippen molar-refractivity contribution < 1.29 is 0 Å². The van der Waals surface area contributed by atoms with Gasteiger partial charge in [0.25, 0.3) is 0 Å². The van der Waals surface area contributed by atoms with Crippen LogP contribution >= 0.6 is 0 Å². The molecule has 14 rings (SSSR count). The second-order valence-corrected chi connectivity index (χ2v) is 20.7. The van der Waals surface area contributed by atoms with Crippen LogP contribution in [0, 0.1) is 0 Å². The third kappa shape index (κ3) is 9.65. The van der Waals surface area contributed by atoms with Crippen LogP contribution in [0.3, 0.4) is 0 Å². The van der Waals surface area contributed by atoms with E-state index in [-0.39, 0.29) is 0 Å². The predicted molar refractivity (Wildman–Crippen MR) is 342 cm³/mol. The van der Waals surface area contributed by atoms with Crippen molar-refractivity contribution in [3.05, 3.63) is 309 Å². The molecule has 2 heterocycles. The number of hydrogen-bond donors (Lipinski definition) is 0. The smallest absolute Gasteiger partial charge is 0.0541 e. The summed E-state index contributed by atoms with van der Waals surface area (Å²) in [6.07, 6.45) is 15.2. The molecule has 13 aromatic rings. The number of rotatable bonds is 11. The van der Waals surface area contributed by atoms with Crippen molar-refractivity contribution in [3.63, 3.8) is 0 Å². The van der Waals surface area contributed by atoms with Gasteiger partial charge in [-0.2, -0.15) is 0 Å². The molecule has 11 aromatic carbocycles. The zero-order chi connectivity index (χ0) is 53.8. The lowest BCUT2D eigenvalue weighted by Gasteiger charge is -2.27. The molecule has 3 nitrogen and oxygen atoms in total. The summed E-state index contributed by atoms with van der Waals surface area (Å²) in [6, 6.07) is 97.8. The van der Waals surface area contributed by atoms with Gasteiger partial charge in [-0.15, -0.1) is 0 Å². The van der Waals surface area contributed by atoms with Crippen molar-refractivity contribution in [3.8, 4) is 55.9 Å². The fourth-order valence-electron chi connectivity index (χ4n) is 11.8. The molecule has 1 aliphatic rings. The Bertz CT molecular complexity index is 4400. The third-order valence-corrected chi connectivity index (χ3v) is 15.7. The Labute approximate surface area is 469 Å². The van der Waals surface area contributed by atoms with Crippen molar-refractivity contribution in [2.24, 2.45) is 0 Å². The minimum atomic E-state index is 0.357. The van der Waals surface area contributed by atoms with Crippen LogP contribution in [0.2, 0.25) is 0 Å². The summed E-state index contributed by atoms with van der Waals surface area (Å²) in [4.78, 5) is 2.39. The van der Waals surface area contributed by atoms with Crippen molar-refractivity contribution >= 4 is 60.7 Å². The number of hydrogen-bond acceptors (Lipinski definition) is 1. The van der Waals surface area contributed by atoms with Crippen LogP contribution in [-0.4, -0.2) is 9.13 Å². The average molecular weight is 1030 g/mol. The highest BCUT2D eigenvalue weighted by Gasteiger charge is 2.19. The number of para-hydroxylation sites is 3. The Kier molecular flexibility index (Phi) is 13.8. The van der Waals surface area contributed by atoms with Crippen LogP contribution < -0.4 is 4.90 Å². The number of anilines is 3. The zero-order valence-electron chi connectivity index (χ0n) is 45.2. The van der Waals surface area contributed by atoms with Crippen LogP contribution in [0.1, 0.15) is 38.2 Å². The van der Waals surface area contributed by atoms with Gasteiger partial charge in [-0.1, -0.05) is 207 Å². The number of benzene rings is 11. The Hall–Kier alpha value is -9.96. The number of nitrogens with zero attached hydrogens (tertiary/aromatic N) is 3. The lowest BCUT2D eigenvalue weighted by atomic mass is 9.92. The van der Waals surface area contributed by atoms with E-state index in [1.54, 1.807) is 0 Å². The minimum absolute atomic E-state index is 0.357.